The molecule has 1 amide bonds. The molecule has 2 aliphatic carbocycles. The van der Waals surface area contributed by atoms with E-state index in [4.69, 9.17) is 0 Å². The number of benzene rings is 1. The second kappa shape index (κ2) is 6.80. The summed E-state index contributed by atoms with van der Waals surface area (Å²) in [6, 6.07) is 8.17. The van der Waals surface area contributed by atoms with Gasteiger partial charge in [0.2, 0.25) is 5.91 Å². The van der Waals surface area contributed by atoms with Gasteiger partial charge in [0.05, 0.1) is 17.9 Å². The van der Waals surface area contributed by atoms with Crippen molar-refractivity contribution < 1.29 is 14.7 Å². The highest BCUT2D eigenvalue weighted by Gasteiger charge is 2.51. The Balaban J connectivity index is 1.67. The Kier molecular flexibility index (Phi) is 4.74. The maximum Gasteiger partial charge on any atom is 0.307 e. The summed E-state index contributed by atoms with van der Waals surface area (Å²) in [5.41, 5.74) is 2.35. The van der Waals surface area contributed by atoms with Gasteiger partial charge >= 0.3 is 5.97 Å². The molecule has 24 heavy (non-hydrogen) atoms. The summed E-state index contributed by atoms with van der Waals surface area (Å²) in [6.45, 7) is 4.10. The van der Waals surface area contributed by atoms with Crippen molar-refractivity contribution in [2.24, 2.45) is 23.7 Å². The van der Waals surface area contributed by atoms with E-state index in [-0.39, 0.29) is 23.8 Å². The van der Waals surface area contributed by atoms with E-state index in [2.05, 4.69) is 24.4 Å². The van der Waals surface area contributed by atoms with Crippen molar-refractivity contribution in [1.29, 1.82) is 0 Å². The number of amides is 1. The van der Waals surface area contributed by atoms with Crippen LogP contribution < -0.4 is 5.32 Å². The average Bonchev–Trinajstić information content (AvgIpc) is 3.16. The molecule has 1 aromatic rings. The maximum absolute atomic E-state index is 12.7. The molecule has 0 saturated heterocycles. The summed E-state index contributed by atoms with van der Waals surface area (Å²) in [4.78, 5) is 24.2. The van der Waals surface area contributed by atoms with Gasteiger partial charge in [-0.3, -0.25) is 9.59 Å². The molecular weight excluding hydrogens is 302 g/mol. The van der Waals surface area contributed by atoms with Gasteiger partial charge in [0.25, 0.3) is 0 Å². The predicted octanol–water partition coefficient (Wildman–Crippen LogP) is 3.34. The molecule has 0 radical (unpaired) electrons. The third-order valence-corrected chi connectivity index (χ3v) is 5.42. The maximum atomic E-state index is 12.7. The van der Waals surface area contributed by atoms with Crippen LogP contribution in [0.1, 0.15) is 43.9 Å². The number of aryl methyl sites for hydroxylation is 1. The largest absolute Gasteiger partial charge is 0.481 e. The second-order valence-corrected chi connectivity index (χ2v) is 7.06. The Morgan fingerprint density at radius 1 is 1.17 bits per heavy atom. The SMILES string of the molecule is CCCc1ccc([C@H](C)NC(=O)[C@H]2[C@H](C(=O)O)[C@H]3C=C[C@H]2C3)cc1. The summed E-state index contributed by atoms with van der Waals surface area (Å²) in [5, 5.41) is 12.5. The van der Waals surface area contributed by atoms with Crippen LogP contribution in [0.3, 0.4) is 0 Å². The normalized spacial score (nSPS) is 28.8. The van der Waals surface area contributed by atoms with E-state index in [0.29, 0.717) is 0 Å². The van der Waals surface area contributed by atoms with Crippen LogP contribution in [0.15, 0.2) is 36.4 Å². The Hall–Kier alpha value is -2.10. The first-order chi connectivity index (χ1) is 11.5. The Morgan fingerprint density at radius 2 is 1.79 bits per heavy atom. The fraction of sp³-hybridized carbons (Fsp3) is 0.500. The standard InChI is InChI=1S/C20H25NO3/c1-3-4-13-5-7-14(8-6-13)12(2)21-19(22)17-15-9-10-16(11-15)18(17)20(23)24/h5-10,12,15-18H,3-4,11H2,1-2H3,(H,21,22)(H,23,24)/t12-,15-,16-,17+,18+/m0/s1. The van der Waals surface area contributed by atoms with Crippen molar-refractivity contribution >= 4 is 11.9 Å². The Bertz CT molecular complexity index is 649. The molecular formula is C20H25NO3. The molecule has 4 heteroatoms. The number of rotatable bonds is 6. The first-order valence-electron chi connectivity index (χ1n) is 8.81. The highest BCUT2D eigenvalue weighted by atomic mass is 16.4. The van der Waals surface area contributed by atoms with Gasteiger partial charge in [-0.15, -0.1) is 0 Å². The first-order valence-corrected chi connectivity index (χ1v) is 8.81. The topological polar surface area (TPSA) is 66.4 Å². The predicted molar refractivity (Wildman–Crippen MR) is 92.3 cm³/mol. The van der Waals surface area contributed by atoms with Crippen LogP contribution >= 0.6 is 0 Å². The molecule has 3 rings (SSSR count). The van der Waals surface area contributed by atoms with Crippen molar-refractivity contribution in [2.75, 3.05) is 0 Å². The number of allylic oxidation sites excluding steroid dienone is 2. The molecule has 128 valence electrons. The molecule has 0 aliphatic heterocycles. The highest BCUT2D eigenvalue weighted by Crippen LogP contribution is 2.48. The number of aliphatic carboxylic acids is 1. The average molecular weight is 327 g/mol. The van der Waals surface area contributed by atoms with Crippen LogP contribution in [0.5, 0.6) is 0 Å². The van der Waals surface area contributed by atoms with Gasteiger partial charge < -0.3 is 10.4 Å². The number of nitrogens with one attached hydrogen (secondary N) is 1. The van der Waals surface area contributed by atoms with E-state index in [0.717, 1.165) is 24.8 Å². The molecule has 1 aromatic carbocycles. The van der Waals surface area contributed by atoms with Crippen LogP contribution in [0.25, 0.3) is 0 Å². The monoisotopic (exact) mass is 327 g/mol. The minimum atomic E-state index is -0.858. The van der Waals surface area contributed by atoms with Gasteiger partial charge in [0.1, 0.15) is 0 Å². The first kappa shape index (κ1) is 16.7. The molecule has 0 spiro atoms. The van der Waals surface area contributed by atoms with Crippen LogP contribution in [0, 0.1) is 23.7 Å². The van der Waals surface area contributed by atoms with E-state index in [1.807, 2.05) is 31.2 Å². The molecule has 4 nitrogen and oxygen atoms in total. The van der Waals surface area contributed by atoms with Crippen LogP contribution in [-0.2, 0) is 16.0 Å². The zero-order chi connectivity index (χ0) is 17.3. The summed E-state index contributed by atoms with van der Waals surface area (Å²) in [7, 11) is 0. The molecule has 1 fully saturated rings. The number of hydrogen-bond acceptors (Lipinski definition) is 2. The lowest BCUT2D eigenvalue weighted by Gasteiger charge is -2.26. The minimum absolute atomic E-state index is 0.00637. The minimum Gasteiger partial charge on any atom is -0.481 e. The van der Waals surface area contributed by atoms with Gasteiger partial charge in [-0.1, -0.05) is 49.8 Å². The zero-order valence-electron chi connectivity index (χ0n) is 14.2. The van der Waals surface area contributed by atoms with Gasteiger partial charge in [-0.05, 0) is 42.7 Å². The Labute approximate surface area is 143 Å². The van der Waals surface area contributed by atoms with E-state index < -0.39 is 17.8 Å². The number of hydrogen-bond donors (Lipinski definition) is 2. The molecule has 1 saturated carbocycles. The number of carbonyl (C=O) groups excluding carboxylic acids is 1. The van der Waals surface area contributed by atoms with E-state index >= 15 is 0 Å². The van der Waals surface area contributed by atoms with Gasteiger partial charge in [0.15, 0.2) is 0 Å². The fourth-order valence-corrected chi connectivity index (χ4v) is 4.17. The molecule has 0 unspecified atom stereocenters. The van der Waals surface area contributed by atoms with Crippen molar-refractivity contribution in [3.63, 3.8) is 0 Å². The van der Waals surface area contributed by atoms with Crippen LogP contribution in [0.2, 0.25) is 0 Å². The van der Waals surface area contributed by atoms with Crippen LogP contribution in [0.4, 0.5) is 0 Å². The van der Waals surface area contributed by atoms with Gasteiger partial charge in [0, 0.05) is 0 Å². The third kappa shape index (κ3) is 3.10. The lowest BCUT2D eigenvalue weighted by atomic mass is 9.82. The van der Waals surface area contributed by atoms with E-state index in [1.54, 1.807) is 0 Å². The van der Waals surface area contributed by atoms with E-state index in [1.165, 1.54) is 5.56 Å². The Morgan fingerprint density at radius 3 is 2.38 bits per heavy atom. The molecule has 0 heterocycles. The van der Waals surface area contributed by atoms with Gasteiger partial charge in [-0.25, -0.2) is 0 Å². The van der Waals surface area contributed by atoms with Crippen LogP contribution in [-0.4, -0.2) is 17.0 Å². The number of carbonyl (C=O) groups is 2. The van der Waals surface area contributed by atoms with Crippen molar-refractivity contribution in [1.82, 2.24) is 5.32 Å². The number of fused-ring (bicyclic) bond motifs is 2. The lowest BCUT2D eigenvalue weighted by Crippen LogP contribution is -2.41. The smallest absolute Gasteiger partial charge is 0.307 e. The quantitative estimate of drug-likeness (QED) is 0.788. The summed E-state index contributed by atoms with van der Waals surface area (Å²) in [6.07, 6.45) is 6.93. The molecule has 0 aromatic heterocycles. The van der Waals surface area contributed by atoms with Crippen molar-refractivity contribution in [3.8, 4) is 0 Å². The summed E-state index contributed by atoms with van der Waals surface area (Å²) in [5.74, 6) is -1.95. The molecule has 2 aliphatic rings. The second-order valence-electron chi connectivity index (χ2n) is 7.06. The highest BCUT2D eigenvalue weighted by molar-refractivity contribution is 5.87. The van der Waals surface area contributed by atoms with Crippen molar-refractivity contribution in [2.45, 2.75) is 39.2 Å². The molecule has 2 bridgehead atoms. The number of carboxylic acid groups (broad SMARTS) is 1. The molecule has 5 atom stereocenters. The van der Waals surface area contributed by atoms with E-state index in [9.17, 15) is 14.7 Å². The lowest BCUT2D eigenvalue weighted by molar-refractivity contribution is -0.148. The third-order valence-electron chi connectivity index (χ3n) is 5.42. The van der Waals surface area contributed by atoms with Gasteiger partial charge in [-0.2, -0.15) is 0 Å². The fourth-order valence-electron chi connectivity index (χ4n) is 4.17. The summed E-state index contributed by atoms with van der Waals surface area (Å²) < 4.78 is 0. The number of carboxylic acids is 1. The zero-order valence-corrected chi connectivity index (χ0v) is 14.2. The molecule has 2 N–H and O–H groups in total. The van der Waals surface area contributed by atoms with Crippen molar-refractivity contribution in [3.05, 3.63) is 47.5 Å². The summed E-state index contributed by atoms with van der Waals surface area (Å²) >= 11 is 0.